The molecule has 5 heteroatoms. The Morgan fingerprint density at radius 3 is 1.93 bits per heavy atom. The van der Waals surface area contributed by atoms with Crippen LogP contribution in [0.1, 0.15) is 6.92 Å². The average molecular weight is 202 g/mol. The van der Waals surface area contributed by atoms with Crippen molar-refractivity contribution in [3.05, 3.63) is 11.6 Å². The molecule has 80 valence electrons. The van der Waals surface area contributed by atoms with Gasteiger partial charge in [0.2, 0.25) is 12.1 Å². The SMILES string of the molecule is C/C=C(/C(=O)OC)C(=O)C(OC)OC. The summed E-state index contributed by atoms with van der Waals surface area (Å²) < 4.78 is 13.9. The highest BCUT2D eigenvalue weighted by molar-refractivity contribution is 6.18. The second-order valence-electron chi connectivity index (χ2n) is 2.36. The zero-order valence-electron chi connectivity index (χ0n) is 8.70. The smallest absolute Gasteiger partial charge is 0.341 e. The number of carbonyl (C=O) groups excluding carboxylic acids is 2. The molecule has 0 aliphatic heterocycles. The number of hydrogen-bond donors (Lipinski definition) is 0. The van der Waals surface area contributed by atoms with Crippen molar-refractivity contribution < 1.29 is 23.8 Å². The van der Waals surface area contributed by atoms with Gasteiger partial charge in [-0.25, -0.2) is 4.79 Å². The van der Waals surface area contributed by atoms with Crippen LogP contribution in [0.3, 0.4) is 0 Å². The molecule has 0 radical (unpaired) electrons. The van der Waals surface area contributed by atoms with Crippen molar-refractivity contribution in [2.45, 2.75) is 13.2 Å². The van der Waals surface area contributed by atoms with Crippen LogP contribution in [0.4, 0.5) is 0 Å². The van der Waals surface area contributed by atoms with Gasteiger partial charge in [-0.15, -0.1) is 0 Å². The van der Waals surface area contributed by atoms with Crippen LogP contribution in [0, 0.1) is 0 Å². The number of rotatable bonds is 5. The molecule has 0 heterocycles. The van der Waals surface area contributed by atoms with Gasteiger partial charge in [-0.05, 0) is 6.92 Å². The fourth-order valence-corrected chi connectivity index (χ4v) is 0.908. The van der Waals surface area contributed by atoms with Crippen LogP contribution in [-0.2, 0) is 23.8 Å². The third kappa shape index (κ3) is 2.93. The van der Waals surface area contributed by atoms with Crippen molar-refractivity contribution in [2.24, 2.45) is 0 Å². The van der Waals surface area contributed by atoms with Gasteiger partial charge in [-0.1, -0.05) is 6.08 Å². The van der Waals surface area contributed by atoms with Gasteiger partial charge < -0.3 is 14.2 Å². The van der Waals surface area contributed by atoms with E-state index in [0.29, 0.717) is 0 Å². The van der Waals surface area contributed by atoms with Crippen molar-refractivity contribution in [3.8, 4) is 0 Å². The lowest BCUT2D eigenvalue weighted by Crippen LogP contribution is -2.29. The summed E-state index contributed by atoms with van der Waals surface area (Å²) in [5, 5.41) is 0. The Bertz CT molecular complexity index is 240. The molecule has 0 saturated carbocycles. The molecule has 0 N–H and O–H groups in total. The number of Topliss-reactive ketones (excluding diaryl/α,β-unsaturated/α-hetero) is 1. The highest BCUT2D eigenvalue weighted by Gasteiger charge is 2.26. The lowest BCUT2D eigenvalue weighted by molar-refractivity contribution is -0.155. The van der Waals surface area contributed by atoms with Crippen molar-refractivity contribution in [2.75, 3.05) is 21.3 Å². The number of allylic oxidation sites excluding steroid dienone is 1. The lowest BCUT2D eigenvalue weighted by atomic mass is 10.1. The van der Waals surface area contributed by atoms with E-state index in [4.69, 9.17) is 9.47 Å². The number of ether oxygens (including phenoxy) is 3. The zero-order valence-corrected chi connectivity index (χ0v) is 8.70. The molecule has 14 heavy (non-hydrogen) atoms. The molecule has 0 rings (SSSR count). The van der Waals surface area contributed by atoms with E-state index in [0.717, 1.165) is 0 Å². The predicted molar refractivity (Wildman–Crippen MR) is 48.6 cm³/mol. The quantitative estimate of drug-likeness (QED) is 0.211. The second kappa shape index (κ2) is 6.28. The van der Waals surface area contributed by atoms with Crippen molar-refractivity contribution in [3.63, 3.8) is 0 Å². The lowest BCUT2D eigenvalue weighted by Gasteiger charge is -2.12. The Morgan fingerprint density at radius 2 is 1.64 bits per heavy atom. The highest BCUT2D eigenvalue weighted by atomic mass is 16.7. The van der Waals surface area contributed by atoms with Crippen molar-refractivity contribution >= 4 is 11.8 Å². The van der Waals surface area contributed by atoms with Crippen LogP contribution in [0.2, 0.25) is 0 Å². The van der Waals surface area contributed by atoms with Gasteiger partial charge in [0, 0.05) is 14.2 Å². The van der Waals surface area contributed by atoms with Crippen LogP contribution in [0.15, 0.2) is 11.6 Å². The van der Waals surface area contributed by atoms with E-state index in [2.05, 4.69) is 4.74 Å². The zero-order chi connectivity index (χ0) is 11.1. The van der Waals surface area contributed by atoms with Crippen LogP contribution in [0.5, 0.6) is 0 Å². The van der Waals surface area contributed by atoms with Crippen LogP contribution >= 0.6 is 0 Å². The molecule has 0 aromatic rings. The number of carbonyl (C=O) groups is 2. The standard InChI is InChI=1S/C9H14O5/c1-5-6(8(11)12-2)7(10)9(13-3)14-4/h5,9H,1-4H3/b6-5+. The Labute approximate surface area is 82.6 Å². The number of hydrogen-bond acceptors (Lipinski definition) is 5. The molecule has 0 spiro atoms. The van der Waals surface area contributed by atoms with Gasteiger partial charge in [-0.2, -0.15) is 0 Å². The van der Waals surface area contributed by atoms with Gasteiger partial charge in [0.25, 0.3) is 0 Å². The first-order valence-corrected chi connectivity index (χ1v) is 3.96. The number of methoxy groups -OCH3 is 3. The van der Waals surface area contributed by atoms with Crippen molar-refractivity contribution in [1.82, 2.24) is 0 Å². The Hall–Kier alpha value is -1.20. The Morgan fingerprint density at radius 1 is 1.14 bits per heavy atom. The van der Waals surface area contributed by atoms with Crippen molar-refractivity contribution in [1.29, 1.82) is 0 Å². The van der Waals surface area contributed by atoms with Crippen LogP contribution in [0.25, 0.3) is 0 Å². The van der Waals surface area contributed by atoms with E-state index >= 15 is 0 Å². The van der Waals surface area contributed by atoms with E-state index in [1.54, 1.807) is 6.92 Å². The fraction of sp³-hybridized carbons (Fsp3) is 0.556. The summed E-state index contributed by atoms with van der Waals surface area (Å²) in [6, 6.07) is 0. The largest absolute Gasteiger partial charge is 0.465 e. The molecule has 5 nitrogen and oxygen atoms in total. The molecular weight excluding hydrogens is 188 g/mol. The second-order valence-corrected chi connectivity index (χ2v) is 2.36. The Balaban J connectivity index is 4.71. The predicted octanol–water partition coefficient (Wildman–Crippen LogP) is 0.294. The molecular formula is C9H14O5. The summed E-state index contributed by atoms with van der Waals surface area (Å²) in [7, 11) is 3.83. The monoisotopic (exact) mass is 202 g/mol. The van der Waals surface area contributed by atoms with E-state index in [1.165, 1.54) is 27.4 Å². The normalized spacial score (nSPS) is 11.6. The average Bonchev–Trinajstić information content (AvgIpc) is 2.20. The molecule has 0 aliphatic rings. The summed E-state index contributed by atoms with van der Waals surface area (Å²) in [6.45, 7) is 1.56. The maximum atomic E-state index is 11.5. The summed E-state index contributed by atoms with van der Waals surface area (Å²) in [5.74, 6) is -1.25. The number of esters is 1. The minimum atomic E-state index is -1.07. The summed E-state index contributed by atoms with van der Waals surface area (Å²) in [5.41, 5.74) is -0.0822. The van der Waals surface area contributed by atoms with Gasteiger partial charge >= 0.3 is 5.97 Å². The minimum Gasteiger partial charge on any atom is -0.465 e. The topological polar surface area (TPSA) is 61.8 Å². The van der Waals surface area contributed by atoms with Gasteiger partial charge in [0.05, 0.1) is 7.11 Å². The first-order chi connectivity index (χ1) is 6.62. The van der Waals surface area contributed by atoms with Crippen LogP contribution < -0.4 is 0 Å². The first kappa shape index (κ1) is 12.8. The van der Waals surface area contributed by atoms with Crippen LogP contribution in [-0.4, -0.2) is 39.4 Å². The maximum Gasteiger partial charge on any atom is 0.341 e. The molecule has 0 unspecified atom stereocenters. The molecule has 0 aromatic carbocycles. The molecule has 0 bridgehead atoms. The maximum absolute atomic E-state index is 11.5. The summed E-state index contributed by atoms with van der Waals surface area (Å²) >= 11 is 0. The molecule has 0 amide bonds. The molecule has 0 saturated heterocycles. The van der Waals surface area contributed by atoms with Gasteiger partial charge in [-0.3, -0.25) is 4.79 Å². The fourth-order valence-electron chi connectivity index (χ4n) is 0.908. The summed E-state index contributed by atoms with van der Waals surface area (Å²) in [6.07, 6.45) is 0.291. The van der Waals surface area contributed by atoms with E-state index in [1.807, 2.05) is 0 Å². The third-order valence-corrected chi connectivity index (χ3v) is 1.60. The van der Waals surface area contributed by atoms with E-state index < -0.39 is 18.0 Å². The first-order valence-electron chi connectivity index (χ1n) is 3.96. The van der Waals surface area contributed by atoms with Gasteiger partial charge in [0.1, 0.15) is 5.57 Å². The highest BCUT2D eigenvalue weighted by Crippen LogP contribution is 2.06. The molecule has 0 aromatic heterocycles. The molecule has 0 fully saturated rings. The van der Waals surface area contributed by atoms with E-state index in [9.17, 15) is 9.59 Å². The molecule has 0 atom stereocenters. The molecule has 0 aliphatic carbocycles. The minimum absolute atomic E-state index is 0.0822. The summed E-state index contributed by atoms with van der Waals surface area (Å²) in [4.78, 5) is 22.6. The number of ketones is 1. The Kier molecular flexibility index (Phi) is 5.74. The van der Waals surface area contributed by atoms with Gasteiger partial charge in [0.15, 0.2) is 0 Å². The third-order valence-electron chi connectivity index (χ3n) is 1.60. The van der Waals surface area contributed by atoms with E-state index in [-0.39, 0.29) is 5.57 Å².